The predicted molar refractivity (Wildman–Crippen MR) is 77.3 cm³/mol. The first-order chi connectivity index (χ1) is 9.36. The van der Waals surface area contributed by atoms with Crippen molar-refractivity contribution >= 4 is 11.9 Å². The van der Waals surface area contributed by atoms with E-state index in [1.807, 2.05) is 18.7 Å². The molecule has 1 aliphatic carbocycles. The maximum absolute atomic E-state index is 12.6. The molecule has 0 bridgehead atoms. The molecule has 1 saturated carbocycles. The van der Waals surface area contributed by atoms with E-state index < -0.39 is 11.4 Å². The molecule has 0 aromatic rings. The lowest BCUT2D eigenvalue weighted by Crippen LogP contribution is -2.49. The molecule has 3 unspecified atom stereocenters. The molecule has 2 aliphatic rings. The molecule has 0 aromatic carbocycles. The zero-order valence-electron chi connectivity index (χ0n) is 12.9. The van der Waals surface area contributed by atoms with Gasteiger partial charge in [0.05, 0.1) is 5.41 Å². The van der Waals surface area contributed by atoms with Gasteiger partial charge >= 0.3 is 5.97 Å². The molecule has 2 rings (SSSR count). The van der Waals surface area contributed by atoms with Gasteiger partial charge in [0, 0.05) is 19.0 Å². The van der Waals surface area contributed by atoms with E-state index in [4.69, 9.17) is 0 Å². The molecule has 114 valence electrons. The number of likely N-dealkylation sites (tertiary alicyclic amines) is 1. The molecule has 20 heavy (non-hydrogen) atoms. The zero-order chi connectivity index (χ0) is 14.9. The van der Waals surface area contributed by atoms with Crippen LogP contribution >= 0.6 is 0 Å². The monoisotopic (exact) mass is 281 g/mol. The number of carbonyl (C=O) groups is 2. The molecule has 0 spiro atoms. The second kappa shape index (κ2) is 5.74. The molecule has 1 amide bonds. The van der Waals surface area contributed by atoms with Crippen molar-refractivity contribution in [3.63, 3.8) is 0 Å². The molecule has 1 saturated heterocycles. The van der Waals surface area contributed by atoms with Crippen molar-refractivity contribution in [1.82, 2.24) is 4.90 Å². The lowest BCUT2D eigenvalue weighted by molar-refractivity contribution is -0.156. The van der Waals surface area contributed by atoms with Gasteiger partial charge in [-0.2, -0.15) is 0 Å². The lowest BCUT2D eigenvalue weighted by atomic mass is 9.75. The van der Waals surface area contributed by atoms with Crippen LogP contribution in [0.3, 0.4) is 0 Å². The molecular weight excluding hydrogens is 254 g/mol. The Labute approximate surface area is 121 Å². The van der Waals surface area contributed by atoms with Gasteiger partial charge in [0.2, 0.25) is 5.91 Å². The summed E-state index contributed by atoms with van der Waals surface area (Å²) in [5.41, 5.74) is -0.956. The fourth-order valence-corrected chi connectivity index (χ4v) is 3.71. The van der Waals surface area contributed by atoms with Crippen molar-refractivity contribution in [3.8, 4) is 0 Å². The summed E-state index contributed by atoms with van der Waals surface area (Å²) in [5, 5.41) is 9.47. The summed E-state index contributed by atoms with van der Waals surface area (Å²) in [7, 11) is 0. The predicted octanol–water partition coefficient (Wildman–Crippen LogP) is 2.91. The van der Waals surface area contributed by atoms with Crippen LogP contribution in [0.5, 0.6) is 0 Å². The maximum Gasteiger partial charge on any atom is 0.310 e. The molecule has 0 radical (unpaired) electrons. The summed E-state index contributed by atoms with van der Waals surface area (Å²) < 4.78 is 0. The van der Waals surface area contributed by atoms with Gasteiger partial charge in [-0.1, -0.05) is 20.3 Å². The average molecular weight is 281 g/mol. The first kappa shape index (κ1) is 15.3. The van der Waals surface area contributed by atoms with Crippen LogP contribution in [0.1, 0.15) is 59.3 Å². The van der Waals surface area contributed by atoms with E-state index in [9.17, 15) is 14.7 Å². The van der Waals surface area contributed by atoms with Crippen LogP contribution in [-0.4, -0.2) is 34.5 Å². The van der Waals surface area contributed by atoms with Crippen LogP contribution in [0, 0.1) is 17.3 Å². The minimum absolute atomic E-state index is 0.0419. The third-order valence-corrected chi connectivity index (χ3v) is 5.59. The third kappa shape index (κ3) is 2.70. The Hall–Kier alpha value is -1.06. The van der Waals surface area contributed by atoms with Crippen molar-refractivity contribution in [2.24, 2.45) is 17.3 Å². The SMILES string of the molecule is CC(C)C(C)(CC(=O)N1CCCC2CCCC21)C(=O)O. The summed E-state index contributed by atoms with van der Waals surface area (Å²) >= 11 is 0. The first-order valence-electron chi connectivity index (χ1n) is 7.89. The normalized spacial score (nSPS) is 29.1. The Bertz CT molecular complexity index is 393. The van der Waals surface area contributed by atoms with Crippen molar-refractivity contribution in [1.29, 1.82) is 0 Å². The number of aliphatic carboxylic acids is 1. The molecule has 4 heteroatoms. The molecule has 1 N–H and O–H groups in total. The van der Waals surface area contributed by atoms with E-state index in [0.717, 1.165) is 19.4 Å². The minimum Gasteiger partial charge on any atom is -0.481 e. The van der Waals surface area contributed by atoms with Crippen LogP contribution in [0.2, 0.25) is 0 Å². The Kier molecular flexibility index (Phi) is 4.40. The van der Waals surface area contributed by atoms with Gasteiger partial charge in [0.25, 0.3) is 0 Å². The number of hydrogen-bond donors (Lipinski definition) is 1. The Balaban J connectivity index is 2.09. The number of piperidine rings is 1. The highest BCUT2D eigenvalue weighted by Crippen LogP contribution is 2.39. The van der Waals surface area contributed by atoms with Gasteiger partial charge in [0.1, 0.15) is 0 Å². The Morgan fingerprint density at radius 2 is 1.90 bits per heavy atom. The van der Waals surface area contributed by atoms with E-state index in [0.29, 0.717) is 12.0 Å². The summed E-state index contributed by atoms with van der Waals surface area (Å²) in [6.07, 6.45) is 5.96. The number of carboxylic acids is 1. The lowest BCUT2D eigenvalue weighted by Gasteiger charge is -2.40. The number of carbonyl (C=O) groups excluding carboxylic acids is 1. The Morgan fingerprint density at radius 1 is 1.25 bits per heavy atom. The van der Waals surface area contributed by atoms with Crippen molar-refractivity contribution in [2.45, 2.75) is 65.3 Å². The fraction of sp³-hybridized carbons (Fsp3) is 0.875. The van der Waals surface area contributed by atoms with Crippen LogP contribution in [-0.2, 0) is 9.59 Å². The van der Waals surface area contributed by atoms with E-state index in [1.54, 1.807) is 6.92 Å². The summed E-state index contributed by atoms with van der Waals surface area (Å²) in [5.74, 6) is -0.211. The van der Waals surface area contributed by atoms with Gasteiger partial charge < -0.3 is 10.0 Å². The maximum atomic E-state index is 12.6. The largest absolute Gasteiger partial charge is 0.481 e. The quantitative estimate of drug-likeness (QED) is 0.862. The number of hydrogen-bond acceptors (Lipinski definition) is 2. The van der Waals surface area contributed by atoms with Crippen LogP contribution < -0.4 is 0 Å². The topological polar surface area (TPSA) is 57.6 Å². The van der Waals surface area contributed by atoms with Crippen LogP contribution in [0.25, 0.3) is 0 Å². The van der Waals surface area contributed by atoms with E-state index >= 15 is 0 Å². The van der Waals surface area contributed by atoms with E-state index in [-0.39, 0.29) is 18.2 Å². The minimum atomic E-state index is -0.956. The number of nitrogens with zero attached hydrogens (tertiary/aromatic N) is 1. The van der Waals surface area contributed by atoms with Gasteiger partial charge in [-0.25, -0.2) is 0 Å². The van der Waals surface area contributed by atoms with Crippen molar-refractivity contribution in [3.05, 3.63) is 0 Å². The molecule has 0 aromatic heterocycles. The second-order valence-electron chi connectivity index (χ2n) is 7.04. The highest BCUT2D eigenvalue weighted by atomic mass is 16.4. The molecular formula is C16H27NO3. The highest BCUT2D eigenvalue weighted by Gasteiger charge is 2.43. The summed E-state index contributed by atoms with van der Waals surface area (Å²) in [6, 6.07) is 0.376. The standard InChI is InChI=1S/C16H27NO3/c1-11(2)16(3,15(19)20)10-14(18)17-9-5-7-12-6-4-8-13(12)17/h11-13H,4-10H2,1-3H3,(H,19,20). The number of rotatable bonds is 4. The third-order valence-electron chi connectivity index (χ3n) is 5.59. The van der Waals surface area contributed by atoms with E-state index in [1.165, 1.54) is 19.3 Å². The van der Waals surface area contributed by atoms with Gasteiger partial charge in [-0.05, 0) is 44.4 Å². The van der Waals surface area contributed by atoms with Gasteiger partial charge in [-0.15, -0.1) is 0 Å². The van der Waals surface area contributed by atoms with Crippen molar-refractivity contribution in [2.75, 3.05) is 6.54 Å². The number of amides is 1. The molecule has 4 nitrogen and oxygen atoms in total. The second-order valence-corrected chi connectivity index (χ2v) is 7.04. The van der Waals surface area contributed by atoms with Crippen LogP contribution in [0.15, 0.2) is 0 Å². The summed E-state index contributed by atoms with van der Waals surface area (Å²) in [4.78, 5) is 26.2. The smallest absolute Gasteiger partial charge is 0.310 e. The number of carboxylic acid groups (broad SMARTS) is 1. The van der Waals surface area contributed by atoms with Crippen LogP contribution in [0.4, 0.5) is 0 Å². The molecule has 1 aliphatic heterocycles. The summed E-state index contributed by atoms with van der Waals surface area (Å²) in [6.45, 7) is 6.29. The average Bonchev–Trinajstić information content (AvgIpc) is 2.85. The van der Waals surface area contributed by atoms with Crippen molar-refractivity contribution < 1.29 is 14.7 Å². The Morgan fingerprint density at radius 3 is 2.50 bits per heavy atom. The first-order valence-corrected chi connectivity index (χ1v) is 7.89. The zero-order valence-corrected chi connectivity index (χ0v) is 12.9. The molecule has 2 fully saturated rings. The van der Waals surface area contributed by atoms with Gasteiger partial charge in [0.15, 0.2) is 0 Å². The molecule has 1 heterocycles. The van der Waals surface area contributed by atoms with Gasteiger partial charge in [-0.3, -0.25) is 9.59 Å². The number of fused-ring (bicyclic) bond motifs is 1. The highest BCUT2D eigenvalue weighted by molar-refractivity contribution is 5.85. The fourth-order valence-electron chi connectivity index (χ4n) is 3.71. The van der Waals surface area contributed by atoms with E-state index in [2.05, 4.69) is 0 Å². The molecule has 3 atom stereocenters.